The Labute approximate surface area is 120 Å². The maximum atomic E-state index is 13.1. The van der Waals surface area contributed by atoms with Gasteiger partial charge in [0.2, 0.25) is 5.91 Å². The zero-order chi connectivity index (χ0) is 13.8. The molecular formula is C14H18BrFN2O. The Balaban J connectivity index is 2.17. The molecule has 2 rings (SSSR count). The molecule has 0 saturated heterocycles. The minimum Gasteiger partial charge on any atom is -0.368 e. The summed E-state index contributed by atoms with van der Waals surface area (Å²) in [5.41, 5.74) is 6.17. The third-order valence-corrected chi connectivity index (χ3v) is 4.25. The van der Waals surface area contributed by atoms with E-state index in [0.717, 1.165) is 12.8 Å². The van der Waals surface area contributed by atoms with E-state index in [-0.39, 0.29) is 5.82 Å². The Morgan fingerprint density at radius 3 is 2.63 bits per heavy atom. The number of hydrogen-bond acceptors (Lipinski definition) is 2. The molecule has 19 heavy (non-hydrogen) atoms. The van der Waals surface area contributed by atoms with Gasteiger partial charge in [0, 0.05) is 10.5 Å². The molecule has 1 aliphatic rings. The maximum Gasteiger partial charge on any atom is 0.239 e. The number of benzene rings is 1. The molecule has 0 spiro atoms. The third kappa shape index (κ3) is 3.76. The minimum atomic E-state index is -0.571. The molecule has 1 unspecified atom stereocenters. The lowest BCUT2D eigenvalue weighted by atomic mass is 9.94. The summed E-state index contributed by atoms with van der Waals surface area (Å²) in [7, 11) is 0. The van der Waals surface area contributed by atoms with Crippen molar-refractivity contribution in [2.24, 2.45) is 5.73 Å². The molecule has 5 heteroatoms. The van der Waals surface area contributed by atoms with Crippen molar-refractivity contribution in [1.82, 2.24) is 5.32 Å². The number of carbonyl (C=O) groups is 1. The lowest BCUT2D eigenvalue weighted by molar-refractivity contribution is -0.120. The summed E-state index contributed by atoms with van der Waals surface area (Å²) in [6.45, 7) is 0. The van der Waals surface area contributed by atoms with Gasteiger partial charge in [-0.3, -0.25) is 10.1 Å². The molecule has 1 atom stereocenters. The SMILES string of the molecule is NC(=O)C(NC1CCCCC1)c1ccc(F)cc1Br. The van der Waals surface area contributed by atoms with Gasteiger partial charge in [-0.15, -0.1) is 0 Å². The lowest BCUT2D eigenvalue weighted by Crippen LogP contribution is -2.41. The first kappa shape index (κ1) is 14.5. The second-order valence-electron chi connectivity index (χ2n) is 5.00. The van der Waals surface area contributed by atoms with Crippen molar-refractivity contribution in [3.05, 3.63) is 34.1 Å². The first-order chi connectivity index (χ1) is 9.08. The number of nitrogens with one attached hydrogen (secondary N) is 1. The Morgan fingerprint density at radius 2 is 2.05 bits per heavy atom. The van der Waals surface area contributed by atoms with Crippen LogP contribution < -0.4 is 11.1 Å². The van der Waals surface area contributed by atoms with E-state index in [9.17, 15) is 9.18 Å². The molecular weight excluding hydrogens is 311 g/mol. The van der Waals surface area contributed by atoms with Crippen molar-refractivity contribution >= 4 is 21.8 Å². The van der Waals surface area contributed by atoms with Crippen LogP contribution in [0.2, 0.25) is 0 Å². The fraction of sp³-hybridized carbons (Fsp3) is 0.500. The van der Waals surface area contributed by atoms with Gasteiger partial charge in [-0.05, 0) is 30.5 Å². The molecule has 0 heterocycles. The van der Waals surface area contributed by atoms with Crippen LogP contribution >= 0.6 is 15.9 Å². The molecule has 1 aromatic rings. The average molecular weight is 329 g/mol. The standard InChI is InChI=1S/C14H18BrFN2O/c15-12-8-9(16)6-7-11(12)13(14(17)19)18-10-4-2-1-3-5-10/h6-8,10,13,18H,1-5H2,(H2,17,19). The minimum absolute atomic E-state index is 0.309. The summed E-state index contributed by atoms with van der Waals surface area (Å²) < 4.78 is 13.7. The molecule has 1 saturated carbocycles. The third-order valence-electron chi connectivity index (χ3n) is 3.57. The average Bonchev–Trinajstić information content (AvgIpc) is 2.38. The quantitative estimate of drug-likeness (QED) is 0.892. The molecule has 0 aromatic heterocycles. The van der Waals surface area contributed by atoms with Gasteiger partial charge in [0.1, 0.15) is 11.9 Å². The van der Waals surface area contributed by atoms with Crippen molar-refractivity contribution in [3.8, 4) is 0 Å². The van der Waals surface area contributed by atoms with Gasteiger partial charge < -0.3 is 5.73 Å². The van der Waals surface area contributed by atoms with Crippen molar-refractivity contribution in [2.45, 2.75) is 44.2 Å². The van der Waals surface area contributed by atoms with E-state index < -0.39 is 11.9 Å². The van der Waals surface area contributed by atoms with Crippen molar-refractivity contribution in [3.63, 3.8) is 0 Å². The van der Waals surface area contributed by atoms with Crippen LogP contribution in [-0.4, -0.2) is 11.9 Å². The highest BCUT2D eigenvalue weighted by molar-refractivity contribution is 9.10. The highest BCUT2D eigenvalue weighted by atomic mass is 79.9. The summed E-state index contributed by atoms with van der Waals surface area (Å²) in [6, 6.07) is 4.04. The molecule has 1 aliphatic carbocycles. The van der Waals surface area contributed by atoms with E-state index in [1.807, 2.05) is 0 Å². The second-order valence-corrected chi connectivity index (χ2v) is 5.86. The predicted molar refractivity (Wildman–Crippen MR) is 76.0 cm³/mol. The molecule has 3 N–H and O–H groups in total. The van der Waals surface area contributed by atoms with Gasteiger partial charge in [-0.2, -0.15) is 0 Å². The summed E-state index contributed by atoms with van der Waals surface area (Å²) >= 11 is 3.29. The first-order valence-corrected chi connectivity index (χ1v) is 7.37. The van der Waals surface area contributed by atoms with Gasteiger partial charge in [0.15, 0.2) is 0 Å². The topological polar surface area (TPSA) is 55.1 Å². The van der Waals surface area contributed by atoms with Gasteiger partial charge in [-0.1, -0.05) is 41.3 Å². The Bertz CT molecular complexity index is 461. The Kier molecular flexibility index (Phi) is 4.93. The van der Waals surface area contributed by atoms with Crippen LogP contribution in [0.3, 0.4) is 0 Å². The zero-order valence-electron chi connectivity index (χ0n) is 10.7. The van der Waals surface area contributed by atoms with Crippen LogP contribution in [0.25, 0.3) is 0 Å². The van der Waals surface area contributed by atoms with Gasteiger partial charge in [0.25, 0.3) is 0 Å². The lowest BCUT2D eigenvalue weighted by Gasteiger charge is -2.27. The Hall–Kier alpha value is -0.940. The van der Waals surface area contributed by atoms with E-state index in [1.54, 1.807) is 6.07 Å². The fourth-order valence-corrected chi connectivity index (χ4v) is 3.15. The largest absolute Gasteiger partial charge is 0.368 e. The van der Waals surface area contributed by atoms with Crippen LogP contribution in [0.5, 0.6) is 0 Å². The van der Waals surface area contributed by atoms with Gasteiger partial charge in [-0.25, -0.2) is 4.39 Å². The normalized spacial score (nSPS) is 18.2. The Morgan fingerprint density at radius 1 is 1.37 bits per heavy atom. The maximum absolute atomic E-state index is 13.1. The number of hydrogen-bond donors (Lipinski definition) is 2. The number of halogens is 2. The van der Waals surface area contributed by atoms with E-state index in [0.29, 0.717) is 16.1 Å². The fourth-order valence-electron chi connectivity index (χ4n) is 2.57. The molecule has 1 fully saturated rings. The van der Waals surface area contributed by atoms with Crippen LogP contribution in [0.1, 0.15) is 43.7 Å². The number of carbonyl (C=O) groups excluding carboxylic acids is 1. The smallest absolute Gasteiger partial charge is 0.239 e. The molecule has 0 aliphatic heterocycles. The summed E-state index contributed by atoms with van der Waals surface area (Å²) in [4.78, 5) is 11.7. The highest BCUT2D eigenvalue weighted by Gasteiger charge is 2.24. The molecule has 0 bridgehead atoms. The molecule has 0 radical (unpaired) electrons. The van der Waals surface area contributed by atoms with E-state index in [2.05, 4.69) is 21.2 Å². The predicted octanol–water partition coefficient (Wildman–Crippen LogP) is 3.04. The number of amides is 1. The van der Waals surface area contributed by atoms with Gasteiger partial charge >= 0.3 is 0 Å². The van der Waals surface area contributed by atoms with Gasteiger partial charge in [0.05, 0.1) is 0 Å². The number of rotatable bonds is 4. The summed E-state index contributed by atoms with van der Waals surface area (Å²) in [5.74, 6) is -0.769. The van der Waals surface area contributed by atoms with Crippen molar-refractivity contribution in [2.75, 3.05) is 0 Å². The van der Waals surface area contributed by atoms with Crippen LogP contribution in [0, 0.1) is 5.82 Å². The van der Waals surface area contributed by atoms with E-state index >= 15 is 0 Å². The highest BCUT2D eigenvalue weighted by Crippen LogP contribution is 2.27. The molecule has 1 amide bonds. The van der Waals surface area contributed by atoms with Crippen LogP contribution in [0.4, 0.5) is 4.39 Å². The monoisotopic (exact) mass is 328 g/mol. The molecule has 3 nitrogen and oxygen atoms in total. The van der Waals surface area contributed by atoms with Crippen LogP contribution in [-0.2, 0) is 4.79 Å². The van der Waals surface area contributed by atoms with Crippen molar-refractivity contribution < 1.29 is 9.18 Å². The number of primary amides is 1. The zero-order valence-corrected chi connectivity index (χ0v) is 12.2. The summed E-state index contributed by atoms with van der Waals surface area (Å²) in [6.07, 6.45) is 5.71. The summed E-state index contributed by atoms with van der Waals surface area (Å²) in [5, 5.41) is 3.30. The van der Waals surface area contributed by atoms with E-state index in [1.165, 1.54) is 31.4 Å². The molecule has 1 aromatic carbocycles. The van der Waals surface area contributed by atoms with Crippen molar-refractivity contribution in [1.29, 1.82) is 0 Å². The molecule has 104 valence electrons. The number of nitrogens with two attached hydrogens (primary N) is 1. The second kappa shape index (κ2) is 6.48. The van der Waals surface area contributed by atoms with E-state index in [4.69, 9.17) is 5.73 Å². The first-order valence-electron chi connectivity index (χ1n) is 6.58. The van der Waals surface area contributed by atoms with Crippen LogP contribution in [0.15, 0.2) is 22.7 Å².